The Morgan fingerprint density at radius 1 is 0.640 bits per heavy atom. The van der Waals surface area contributed by atoms with Crippen molar-refractivity contribution in [1.82, 2.24) is 0 Å². The molecule has 134 valence electrons. The van der Waals surface area contributed by atoms with Crippen molar-refractivity contribution in [1.29, 1.82) is 0 Å². The normalized spacial score (nSPS) is 14.2. The van der Waals surface area contributed by atoms with E-state index in [1.807, 2.05) is 64.2 Å². The Bertz CT molecular complexity index is 241. The van der Waals surface area contributed by atoms with Crippen molar-refractivity contribution in [3.05, 3.63) is 64.2 Å². The minimum Gasteiger partial charge on any atom is -0.782 e. The summed E-state index contributed by atoms with van der Waals surface area (Å²) in [6, 6.07) is 0. The molecule has 0 spiro atoms. The molecule has 0 saturated heterocycles. The molecule has 0 N–H and O–H groups in total. The van der Waals surface area contributed by atoms with Gasteiger partial charge < -0.3 is 34.7 Å². The molecule has 2 saturated carbocycles. The van der Waals surface area contributed by atoms with Gasteiger partial charge in [-0.3, -0.25) is 9.59 Å². The largest absolute Gasteiger partial charge is 4.00 e. The van der Waals surface area contributed by atoms with Crippen molar-refractivity contribution < 1.29 is 40.8 Å². The van der Waals surface area contributed by atoms with Crippen molar-refractivity contribution in [3.8, 4) is 0 Å². The van der Waals surface area contributed by atoms with Gasteiger partial charge in [-0.25, -0.2) is 0 Å². The Kier molecular flexibility index (Phi) is 32.0. The zero-order valence-corrected chi connectivity index (χ0v) is 17.7. The third-order valence-electron chi connectivity index (χ3n) is 1.96. The Morgan fingerprint density at radius 2 is 0.840 bits per heavy atom. The maximum atomic E-state index is 10.1. The van der Waals surface area contributed by atoms with Crippen LogP contribution in [0.2, 0.25) is 0 Å². The first-order valence-electron chi connectivity index (χ1n) is 7.43. The second-order valence-corrected chi connectivity index (χ2v) is 4.40. The third kappa shape index (κ3) is 29.4. The average Bonchev–Trinajstić information content (AvgIpc) is 3.33. The van der Waals surface area contributed by atoms with Gasteiger partial charge in [-0.1, -0.05) is 11.5 Å². The van der Waals surface area contributed by atoms with Crippen LogP contribution >= 0.6 is 0 Å². The standard InChI is InChI=1S/2C5H5.2C4H8O2S.Ti/c2*1-2-4-5-3-1;2*1-2-6-4(5)3-7;/h2*1-5H;2*7H,2-3H2,1H3;/q;;;;+4/p-2. The summed E-state index contributed by atoms with van der Waals surface area (Å²) >= 11 is 8.73. The van der Waals surface area contributed by atoms with Crippen molar-refractivity contribution in [2.24, 2.45) is 0 Å². The fraction of sp³-hybridized carbons (Fsp3) is 0.333. The van der Waals surface area contributed by atoms with E-state index in [0.717, 1.165) is 0 Å². The minimum atomic E-state index is -0.308. The molecule has 0 aliphatic heterocycles. The summed E-state index contributed by atoms with van der Waals surface area (Å²) in [7, 11) is 0. The molecule has 2 aliphatic carbocycles. The Morgan fingerprint density at radius 3 is 0.920 bits per heavy atom. The monoisotopic (exact) mass is 416 g/mol. The number of esters is 2. The van der Waals surface area contributed by atoms with Gasteiger partial charge in [0.1, 0.15) is 0 Å². The van der Waals surface area contributed by atoms with Crippen molar-refractivity contribution >= 4 is 37.2 Å². The topological polar surface area (TPSA) is 52.6 Å². The van der Waals surface area contributed by atoms with Crippen LogP contribution in [-0.2, 0) is 66.0 Å². The summed E-state index contributed by atoms with van der Waals surface area (Å²) in [5, 5.41) is 0. The molecule has 0 unspecified atom stereocenters. The zero-order chi connectivity index (χ0) is 18.5. The van der Waals surface area contributed by atoms with Gasteiger partial charge in [0.05, 0.1) is 13.2 Å². The fourth-order valence-corrected chi connectivity index (χ4v) is 1.21. The van der Waals surface area contributed by atoms with Crippen LogP contribution in [0.4, 0.5) is 0 Å². The van der Waals surface area contributed by atoms with E-state index in [9.17, 15) is 9.59 Å². The van der Waals surface area contributed by atoms with Gasteiger partial charge in [-0.15, -0.1) is 0 Å². The maximum absolute atomic E-state index is 10.1. The quantitative estimate of drug-likeness (QED) is 0.398. The Balaban J connectivity index is -0.000000257. The summed E-state index contributed by atoms with van der Waals surface area (Å²) in [5.74, 6) is -0.489. The van der Waals surface area contributed by atoms with E-state index >= 15 is 0 Å². The van der Waals surface area contributed by atoms with Crippen LogP contribution in [0, 0.1) is 64.2 Å². The molecule has 0 aromatic carbocycles. The molecule has 10 radical (unpaired) electrons. The van der Waals surface area contributed by atoms with Gasteiger partial charge in [0.25, 0.3) is 11.9 Å². The number of hydrogen-bond acceptors (Lipinski definition) is 6. The van der Waals surface area contributed by atoms with Crippen molar-refractivity contribution in [2.45, 2.75) is 13.8 Å². The molecule has 7 heteroatoms. The van der Waals surface area contributed by atoms with E-state index in [1.165, 1.54) is 0 Å². The van der Waals surface area contributed by atoms with E-state index in [1.54, 1.807) is 13.8 Å². The van der Waals surface area contributed by atoms with Crippen LogP contribution in [0.5, 0.6) is 0 Å². The van der Waals surface area contributed by atoms with Crippen LogP contribution in [0.3, 0.4) is 0 Å². The van der Waals surface area contributed by atoms with Gasteiger partial charge in [0, 0.05) is 0 Å². The average molecular weight is 416 g/mol. The fourth-order valence-electron chi connectivity index (χ4n) is 1.05. The second kappa shape index (κ2) is 26.6. The van der Waals surface area contributed by atoms with E-state index < -0.39 is 0 Å². The SMILES string of the molecule is CCOC(=O)C[S-].CCOC(=O)C[S-].[CH]1[CH][CH][CH][CH]1.[CH]1[CH][CH][CH][CH]1.[Ti+4]. The van der Waals surface area contributed by atoms with Crippen LogP contribution in [-0.4, -0.2) is 36.7 Å². The molecule has 0 bridgehead atoms. The first-order chi connectivity index (χ1) is 11.6. The minimum absolute atomic E-state index is 0. The van der Waals surface area contributed by atoms with Gasteiger partial charge in [0.2, 0.25) is 0 Å². The van der Waals surface area contributed by atoms with Crippen LogP contribution < -0.4 is 0 Å². The second-order valence-electron chi connectivity index (χ2n) is 3.82. The van der Waals surface area contributed by atoms with Gasteiger partial charge >= 0.3 is 21.7 Å². The third-order valence-corrected chi connectivity index (χ3v) is 2.43. The van der Waals surface area contributed by atoms with Crippen LogP contribution in [0.15, 0.2) is 0 Å². The van der Waals surface area contributed by atoms with E-state index in [-0.39, 0.29) is 45.2 Å². The van der Waals surface area contributed by atoms with Crippen LogP contribution in [0.25, 0.3) is 0 Å². The molecule has 0 amide bonds. The summed E-state index contributed by atoms with van der Waals surface area (Å²) in [6.45, 7) is 4.36. The number of ether oxygens (including phenoxy) is 2. The van der Waals surface area contributed by atoms with Crippen molar-refractivity contribution in [2.75, 3.05) is 24.7 Å². The van der Waals surface area contributed by atoms with Gasteiger partial charge in [0.15, 0.2) is 0 Å². The molecular formula is C18H24O4S2Ti+2. The first-order valence-corrected chi connectivity index (χ1v) is 8.58. The predicted molar refractivity (Wildman–Crippen MR) is 101 cm³/mol. The summed E-state index contributed by atoms with van der Waals surface area (Å²) in [4.78, 5) is 20.2. The van der Waals surface area contributed by atoms with Crippen molar-refractivity contribution in [3.63, 3.8) is 0 Å². The van der Waals surface area contributed by atoms with Gasteiger partial charge in [-0.05, 0) is 78.1 Å². The molecular weight excluding hydrogens is 392 g/mol. The molecule has 2 aliphatic rings. The van der Waals surface area contributed by atoms with E-state index in [0.29, 0.717) is 13.2 Å². The molecule has 2 fully saturated rings. The molecule has 25 heavy (non-hydrogen) atoms. The molecule has 0 atom stereocenters. The van der Waals surface area contributed by atoms with Crippen LogP contribution in [0.1, 0.15) is 13.8 Å². The van der Waals surface area contributed by atoms with E-state index in [2.05, 4.69) is 34.7 Å². The molecule has 4 nitrogen and oxygen atoms in total. The summed E-state index contributed by atoms with van der Waals surface area (Å²) in [6.07, 6.45) is 20.0. The Hall–Kier alpha value is 0.354. The molecule has 0 aromatic heterocycles. The predicted octanol–water partition coefficient (Wildman–Crippen LogP) is 2.23. The maximum Gasteiger partial charge on any atom is 4.00 e. The first kappa shape index (κ1) is 30.1. The number of carbonyl (C=O) groups excluding carboxylic acids is 2. The summed E-state index contributed by atoms with van der Waals surface area (Å²) in [5.41, 5.74) is 0. The number of rotatable bonds is 4. The smallest absolute Gasteiger partial charge is 0.782 e. The van der Waals surface area contributed by atoms with Gasteiger partial charge in [-0.2, -0.15) is 0 Å². The molecule has 2 rings (SSSR count). The Labute approximate surface area is 180 Å². The summed E-state index contributed by atoms with van der Waals surface area (Å²) < 4.78 is 8.90. The number of hydrogen-bond donors (Lipinski definition) is 0. The number of carbonyl (C=O) groups is 2. The molecule has 0 aromatic rings. The molecule has 0 heterocycles. The zero-order valence-electron chi connectivity index (χ0n) is 14.6. The van der Waals surface area contributed by atoms with E-state index in [4.69, 9.17) is 0 Å².